The van der Waals surface area contributed by atoms with Gasteiger partial charge in [0.2, 0.25) is 0 Å². The smallest absolute Gasteiger partial charge is 0.339 e. The standard InChI is InChI=1S/C10H12O2.C9H8O4/c1-3-4-8-5-6-9(11)10(7-8)12-2;1-6(10)13-8-5-3-2-4-7(8)9(11)12/h3,5-7,11H,1,4H2,2H3;2-5H,1H3,(H,11,12). The van der Waals surface area contributed by atoms with Crippen molar-refractivity contribution in [3.8, 4) is 17.2 Å². The number of carbonyl (C=O) groups excluding carboxylic acids is 1. The molecule has 0 heterocycles. The number of carboxylic acids is 1. The van der Waals surface area contributed by atoms with E-state index in [0.717, 1.165) is 12.0 Å². The van der Waals surface area contributed by atoms with Crippen molar-refractivity contribution in [1.82, 2.24) is 0 Å². The highest BCUT2D eigenvalue weighted by Crippen LogP contribution is 2.26. The Morgan fingerprint density at radius 3 is 2.40 bits per heavy atom. The number of carboxylic acid groups (broad SMARTS) is 1. The molecule has 0 saturated carbocycles. The Labute approximate surface area is 145 Å². The van der Waals surface area contributed by atoms with E-state index in [1.54, 1.807) is 24.3 Å². The molecule has 0 unspecified atom stereocenters. The molecular formula is C19H20O6. The first-order valence-corrected chi connectivity index (χ1v) is 7.36. The Morgan fingerprint density at radius 1 is 1.16 bits per heavy atom. The molecule has 0 fully saturated rings. The summed E-state index contributed by atoms with van der Waals surface area (Å²) in [5.41, 5.74) is 1.07. The van der Waals surface area contributed by atoms with Gasteiger partial charge in [-0.05, 0) is 36.2 Å². The van der Waals surface area contributed by atoms with Crippen LogP contribution in [-0.4, -0.2) is 29.3 Å². The summed E-state index contributed by atoms with van der Waals surface area (Å²) >= 11 is 0. The molecular weight excluding hydrogens is 324 g/mol. The Kier molecular flexibility index (Phi) is 7.72. The van der Waals surface area contributed by atoms with E-state index in [-0.39, 0.29) is 17.1 Å². The fraction of sp³-hybridized carbons (Fsp3) is 0.158. The second kappa shape index (κ2) is 9.77. The van der Waals surface area contributed by atoms with Gasteiger partial charge in [0, 0.05) is 6.92 Å². The highest BCUT2D eigenvalue weighted by Gasteiger charge is 2.11. The fourth-order valence-corrected chi connectivity index (χ4v) is 1.90. The van der Waals surface area contributed by atoms with E-state index in [9.17, 15) is 14.7 Å². The van der Waals surface area contributed by atoms with Gasteiger partial charge in [-0.15, -0.1) is 6.58 Å². The van der Waals surface area contributed by atoms with Gasteiger partial charge in [-0.1, -0.05) is 24.3 Å². The molecule has 0 bridgehead atoms. The van der Waals surface area contributed by atoms with E-state index < -0.39 is 11.9 Å². The van der Waals surface area contributed by atoms with Crippen LogP contribution in [0.4, 0.5) is 0 Å². The molecule has 2 rings (SSSR count). The van der Waals surface area contributed by atoms with Gasteiger partial charge in [0.15, 0.2) is 11.5 Å². The topological polar surface area (TPSA) is 93.1 Å². The van der Waals surface area contributed by atoms with E-state index >= 15 is 0 Å². The first-order chi connectivity index (χ1) is 11.9. The van der Waals surface area contributed by atoms with Crippen LogP contribution in [-0.2, 0) is 11.2 Å². The third-order valence-corrected chi connectivity index (χ3v) is 3.00. The molecule has 0 saturated heterocycles. The minimum absolute atomic E-state index is 0.0160. The summed E-state index contributed by atoms with van der Waals surface area (Å²) in [5.74, 6) is -0.896. The first kappa shape index (κ1) is 19.8. The second-order valence-electron chi connectivity index (χ2n) is 4.89. The highest BCUT2D eigenvalue weighted by molar-refractivity contribution is 5.91. The van der Waals surface area contributed by atoms with Crippen molar-refractivity contribution in [3.63, 3.8) is 0 Å². The van der Waals surface area contributed by atoms with Crippen molar-refractivity contribution in [2.45, 2.75) is 13.3 Å². The summed E-state index contributed by atoms with van der Waals surface area (Å²) < 4.78 is 9.63. The Hall–Kier alpha value is -3.28. The van der Waals surface area contributed by atoms with Crippen molar-refractivity contribution in [2.75, 3.05) is 7.11 Å². The van der Waals surface area contributed by atoms with Crippen LogP contribution in [0.3, 0.4) is 0 Å². The zero-order valence-electron chi connectivity index (χ0n) is 14.1. The number of esters is 1. The number of ether oxygens (including phenoxy) is 2. The third kappa shape index (κ3) is 6.39. The predicted molar refractivity (Wildman–Crippen MR) is 93.3 cm³/mol. The van der Waals surface area contributed by atoms with Gasteiger partial charge in [0.05, 0.1) is 7.11 Å². The van der Waals surface area contributed by atoms with Gasteiger partial charge in [-0.2, -0.15) is 0 Å². The number of phenols is 1. The number of hydrogen-bond donors (Lipinski definition) is 2. The number of methoxy groups -OCH3 is 1. The largest absolute Gasteiger partial charge is 0.504 e. The van der Waals surface area contributed by atoms with Crippen LogP contribution in [0.15, 0.2) is 55.1 Å². The summed E-state index contributed by atoms with van der Waals surface area (Å²) in [6.45, 7) is 4.85. The molecule has 0 radical (unpaired) electrons. The van der Waals surface area contributed by atoms with Crippen LogP contribution < -0.4 is 9.47 Å². The molecule has 6 nitrogen and oxygen atoms in total. The predicted octanol–water partition coefficient (Wildman–Crippen LogP) is 3.44. The van der Waals surface area contributed by atoms with Crippen molar-refractivity contribution >= 4 is 11.9 Å². The molecule has 2 N–H and O–H groups in total. The van der Waals surface area contributed by atoms with E-state index in [4.69, 9.17) is 9.84 Å². The molecule has 132 valence electrons. The van der Waals surface area contributed by atoms with Crippen LogP contribution in [0.1, 0.15) is 22.8 Å². The lowest BCUT2D eigenvalue weighted by molar-refractivity contribution is -0.131. The van der Waals surface area contributed by atoms with Crippen LogP contribution in [0.2, 0.25) is 0 Å². The number of carbonyl (C=O) groups is 2. The summed E-state index contributed by atoms with van der Waals surface area (Å²) in [7, 11) is 1.53. The van der Waals surface area contributed by atoms with Crippen LogP contribution in [0, 0.1) is 0 Å². The quantitative estimate of drug-likeness (QED) is 0.490. The highest BCUT2D eigenvalue weighted by atomic mass is 16.5. The van der Waals surface area contributed by atoms with Gasteiger partial charge in [-0.25, -0.2) is 4.79 Å². The summed E-state index contributed by atoms with van der Waals surface area (Å²) in [6, 6.07) is 11.3. The van der Waals surface area contributed by atoms with Gasteiger partial charge >= 0.3 is 11.9 Å². The number of hydrogen-bond acceptors (Lipinski definition) is 5. The van der Waals surface area contributed by atoms with E-state index in [0.29, 0.717) is 5.75 Å². The lowest BCUT2D eigenvalue weighted by Gasteiger charge is -2.04. The van der Waals surface area contributed by atoms with Crippen molar-refractivity contribution < 1.29 is 29.3 Å². The molecule has 2 aromatic carbocycles. The van der Waals surface area contributed by atoms with Crippen molar-refractivity contribution in [3.05, 3.63) is 66.2 Å². The second-order valence-corrected chi connectivity index (χ2v) is 4.89. The molecule has 0 atom stereocenters. The molecule has 0 aliphatic heterocycles. The average Bonchev–Trinajstić information content (AvgIpc) is 2.57. The molecule has 0 amide bonds. The lowest BCUT2D eigenvalue weighted by Crippen LogP contribution is -2.06. The average molecular weight is 344 g/mol. The van der Waals surface area contributed by atoms with Gasteiger partial charge < -0.3 is 19.7 Å². The van der Waals surface area contributed by atoms with Crippen LogP contribution in [0.25, 0.3) is 0 Å². The molecule has 25 heavy (non-hydrogen) atoms. The summed E-state index contributed by atoms with van der Waals surface area (Å²) in [4.78, 5) is 21.2. The van der Waals surface area contributed by atoms with Gasteiger partial charge in [0.1, 0.15) is 11.3 Å². The van der Waals surface area contributed by atoms with Crippen molar-refractivity contribution in [2.24, 2.45) is 0 Å². The maximum atomic E-state index is 10.6. The van der Waals surface area contributed by atoms with Crippen LogP contribution in [0.5, 0.6) is 17.2 Å². The van der Waals surface area contributed by atoms with Gasteiger partial charge in [-0.3, -0.25) is 4.79 Å². The molecule has 6 heteroatoms. The maximum absolute atomic E-state index is 10.6. The first-order valence-electron chi connectivity index (χ1n) is 7.36. The molecule has 0 aromatic heterocycles. The number of aromatic hydroxyl groups is 1. The fourth-order valence-electron chi connectivity index (χ4n) is 1.90. The van der Waals surface area contributed by atoms with Gasteiger partial charge in [0.25, 0.3) is 0 Å². The Bertz CT molecular complexity index is 751. The zero-order chi connectivity index (χ0) is 18.8. The number of aromatic carboxylic acids is 1. The minimum atomic E-state index is -1.11. The SMILES string of the molecule is C=CCc1ccc(O)c(OC)c1.CC(=O)Oc1ccccc1C(=O)O. The Balaban J connectivity index is 0.000000251. The molecule has 2 aromatic rings. The maximum Gasteiger partial charge on any atom is 0.339 e. The number of benzene rings is 2. The minimum Gasteiger partial charge on any atom is -0.504 e. The normalized spacial score (nSPS) is 9.36. The number of rotatable bonds is 5. The Morgan fingerprint density at radius 2 is 1.84 bits per heavy atom. The number of phenolic OH excluding ortho intramolecular Hbond substituents is 1. The number of para-hydroxylation sites is 1. The molecule has 0 aliphatic rings. The molecule has 0 aliphatic carbocycles. The summed E-state index contributed by atoms with van der Waals surface area (Å²) in [5, 5.41) is 17.9. The van der Waals surface area contributed by atoms with E-state index in [1.807, 2.05) is 12.1 Å². The third-order valence-electron chi connectivity index (χ3n) is 3.00. The summed E-state index contributed by atoms with van der Waals surface area (Å²) in [6.07, 6.45) is 2.60. The molecule has 0 spiro atoms. The van der Waals surface area contributed by atoms with E-state index in [2.05, 4.69) is 11.3 Å². The monoisotopic (exact) mass is 344 g/mol. The zero-order valence-corrected chi connectivity index (χ0v) is 14.1. The lowest BCUT2D eigenvalue weighted by atomic mass is 10.1. The van der Waals surface area contributed by atoms with E-state index in [1.165, 1.54) is 26.2 Å². The van der Waals surface area contributed by atoms with Crippen molar-refractivity contribution in [1.29, 1.82) is 0 Å². The van der Waals surface area contributed by atoms with Crippen LogP contribution >= 0.6 is 0 Å². The number of allylic oxidation sites excluding steroid dienone is 1.